The number of benzene rings is 2. The fraction of sp³-hybridized carbons (Fsp3) is 0.360. The first-order valence-corrected chi connectivity index (χ1v) is 13.1. The molecule has 3 atom stereocenters. The highest BCUT2D eigenvalue weighted by Gasteiger charge is 2.27. The smallest absolute Gasteiger partial charge is 0.315 e. The lowest BCUT2D eigenvalue weighted by molar-refractivity contribution is 0.256. The summed E-state index contributed by atoms with van der Waals surface area (Å²) in [5.74, 6) is 1.09. The maximum atomic E-state index is 11.1. The van der Waals surface area contributed by atoms with Gasteiger partial charge in [0.2, 0.25) is 0 Å². The lowest BCUT2D eigenvalue weighted by atomic mass is 9.99. The lowest BCUT2D eigenvalue weighted by Gasteiger charge is -2.14. The van der Waals surface area contributed by atoms with Crippen molar-refractivity contribution in [3.63, 3.8) is 0 Å². The quantitative estimate of drug-likeness (QED) is 0.541. The highest BCUT2D eigenvalue weighted by molar-refractivity contribution is 7.84. The van der Waals surface area contributed by atoms with Gasteiger partial charge in [-0.15, -0.1) is 0 Å². The van der Waals surface area contributed by atoms with Crippen LogP contribution >= 0.6 is 0 Å². The number of hydrogen-bond acceptors (Lipinski definition) is 6. The van der Waals surface area contributed by atoms with Crippen LogP contribution in [0.15, 0.2) is 71.9 Å². The predicted octanol–water partition coefficient (Wildman–Crippen LogP) is 2.60. The summed E-state index contributed by atoms with van der Waals surface area (Å²) >= 11 is 0. The van der Waals surface area contributed by atoms with E-state index in [2.05, 4.69) is 58.9 Å². The second-order valence-corrected chi connectivity index (χ2v) is 10.3. The molecule has 1 aliphatic carbocycles. The van der Waals surface area contributed by atoms with Crippen LogP contribution in [-0.2, 0) is 27.3 Å². The molecule has 2 heterocycles. The Morgan fingerprint density at radius 3 is 2.74 bits per heavy atom. The third-order valence-corrected chi connectivity index (χ3v) is 6.97. The van der Waals surface area contributed by atoms with Gasteiger partial charge in [-0.1, -0.05) is 54.6 Å². The third kappa shape index (κ3) is 5.55. The van der Waals surface area contributed by atoms with Crippen molar-refractivity contribution in [2.45, 2.75) is 44.2 Å². The van der Waals surface area contributed by atoms with Crippen molar-refractivity contribution >= 4 is 10.3 Å². The van der Waals surface area contributed by atoms with Gasteiger partial charge in [0.05, 0.1) is 18.7 Å². The Morgan fingerprint density at radius 1 is 1.09 bits per heavy atom. The molecule has 3 unspecified atom stereocenters. The molecule has 178 valence electrons. The van der Waals surface area contributed by atoms with Gasteiger partial charge in [-0.3, -0.25) is 9.18 Å². The molecule has 1 fully saturated rings. The zero-order valence-electron chi connectivity index (χ0n) is 18.9. The van der Waals surface area contributed by atoms with Crippen molar-refractivity contribution in [3.8, 4) is 0 Å². The highest BCUT2D eigenvalue weighted by atomic mass is 32.2. The highest BCUT2D eigenvalue weighted by Crippen LogP contribution is 2.28. The van der Waals surface area contributed by atoms with Crippen molar-refractivity contribution in [1.82, 2.24) is 9.66 Å². The number of aromatic nitrogens is 2. The molecule has 2 aliphatic rings. The summed E-state index contributed by atoms with van der Waals surface area (Å²) in [6.45, 7) is 0.117. The summed E-state index contributed by atoms with van der Waals surface area (Å²) in [6.07, 6.45) is 6.02. The Bertz CT molecular complexity index is 1320. The number of fused-ring (bicyclic) bond motifs is 1. The van der Waals surface area contributed by atoms with E-state index in [0.29, 0.717) is 0 Å². The Kier molecular flexibility index (Phi) is 6.49. The minimum atomic E-state index is -3.90. The molecule has 0 amide bonds. The standard InChI is InChI=1S/C25H29N5O3S/c26-34(31,32)33-17-20-9-10-22(15-20)28-24-11-12-27-25-16-23(29-30(24)25)21-8-4-7-19(14-21)13-18-5-2-1-3-6-18/h1-8,11-12,14,20,22-23,29H,9-10,13,15-17H2,(H2,26,31,32). The molecule has 1 aliphatic heterocycles. The van der Waals surface area contributed by atoms with E-state index in [1.54, 1.807) is 6.20 Å². The minimum absolute atomic E-state index is 0.114. The summed E-state index contributed by atoms with van der Waals surface area (Å²) in [4.78, 5) is 9.52. The van der Waals surface area contributed by atoms with Gasteiger partial charge in [-0.2, -0.15) is 8.42 Å². The van der Waals surface area contributed by atoms with Gasteiger partial charge in [0.25, 0.3) is 0 Å². The van der Waals surface area contributed by atoms with Gasteiger partial charge in [-0.05, 0) is 48.3 Å². The zero-order valence-corrected chi connectivity index (χ0v) is 19.7. The number of nitrogens with one attached hydrogen (secondary N) is 1. The molecule has 0 spiro atoms. The Hall–Kier alpha value is -3.01. The van der Waals surface area contributed by atoms with Crippen molar-refractivity contribution < 1.29 is 12.6 Å². The molecule has 8 nitrogen and oxygen atoms in total. The average molecular weight is 480 g/mol. The van der Waals surface area contributed by atoms with Crippen LogP contribution in [-0.4, -0.2) is 30.7 Å². The largest absolute Gasteiger partial charge is 0.333 e. The second kappa shape index (κ2) is 9.69. The van der Waals surface area contributed by atoms with Crippen molar-refractivity contribution in [1.29, 1.82) is 0 Å². The van der Waals surface area contributed by atoms with Gasteiger partial charge < -0.3 is 5.43 Å². The number of rotatable bonds is 7. The molecule has 0 radical (unpaired) electrons. The van der Waals surface area contributed by atoms with Crippen LogP contribution in [0.1, 0.15) is 47.8 Å². The predicted molar refractivity (Wildman–Crippen MR) is 129 cm³/mol. The van der Waals surface area contributed by atoms with Crippen LogP contribution in [0.2, 0.25) is 0 Å². The molecule has 0 saturated heterocycles. The van der Waals surface area contributed by atoms with Crippen LogP contribution in [0.4, 0.5) is 0 Å². The first kappa shape index (κ1) is 22.8. The maximum absolute atomic E-state index is 11.1. The van der Waals surface area contributed by atoms with E-state index >= 15 is 0 Å². The monoisotopic (exact) mass is 479 g/mol. The molecule has 1 aromatic heterocycles. The van der Waals surface area contributed by atoms with E-state index in [1.165, 1.54) is 16.7 Å². The Labute approximate surface area is 199 Å². The Balaban J connectivity index is 1.29. The average Bonchev–Trinajstić information content (AvgIpc) is 3.46. The van der Waals surface area contributed by atoms with Gasteiger partial charge in [-0.25, -0.2) is 14.8 Å². The van der Waals surface area contributed by atoms with Crippen LogP contribution in [0.5, 0.6) is 0 Å². The van der Waals surface area contributed by atoms with Gasteiger partial charge in [0.1, 0.15) is 11.3 Å². The third-order valence-electron chi connectivity index (χ3n) is 6.51. The number of nitrogens with zero attached hydrogens (tertiary/aromatic N) is 3. The van der Waals surface area contributed by atoms with Crippen LogP contribution in [0, 0.1) is 5.92 Å². The van der Waals surface area contributed by atoms with Gasteiger partial charge >= 0.3 is 10.3 Å². The number of hydrogen-bond donors (Lipinski definition) is 2. The first-order chi connectivity index (χ1) is 16.4. The van der Waals surface area contributed by atoms with E-state index < -0.39 is 10.3 Å². The van der Waals surface area contributed by atoms with Crippen LogP contribution in [0.3, 0.4) is 0 Å². The number of nitrogens with two attached hydrogens (primary N) is 1. The molecule has 5 rings (SSSR count). The molecule has 1 saturated carbocycles. The second-order valence-electron chi connectivity index (χ2n) is 9.09. The molecule has 0 bridgehead atoms. The van der Waals surface area contributed by atoms with E-state index in [-0.39, 0.29) is 24.6 Å². The summed E-state index contributed by atoms with van der Waals surface area (Å²) in [5, 5.41) is 4.95. The lowest BCUT2D eigenvalue weighted by Crippen LogP contribution is -2.29. The van der Waals surface area contributed by atoms with E-state index in [4.69, 9.17) is 14.3 Å². The van der Waals surface area contributed by atoms with E-state index in [1.807, 2.05) is 16.8 Å². The fourth-order valence-electron chi connectivity index (χ4n) is 4.86. The van der Waals surface area contributed by atoms with E-state index in [9.17, 15) is 8.42 Å². The Morgan fingerprint density at radius 2 is 1.91 bits per heavy atom. The van der Waals surface area contributed by atoms with Crippen molar-refractivity contribution in [2.24, 2.45) is 16.0 Å². The molecule has 9 heteroatoms. The zero-order chi connectivity index (χ0) is 23.5. The summed E-state index contributed by atoms with van der Waals surface area (Å²) < 4.78 is 28.9. The van der Waals surface area contributed by atoms with Crippen LogP contribution in [0.25, 0.3) is 0 Å². The topological polar surface area (TPSA) is 112 Å². The normalized spacial score (nSPS) is 22.5. The molecule has 3 N–H and O–H groups in total. The maximum Gasteiger partial charge on any atom is 0.333 e. The summed E-state index contributed by atoms with van der Waals surface area (Å²) in [7, 11) is -3.90. The molecule has 34 heavy (non-hydrogen) atoms. The SMILES string of the molecule is NS(=O)(=O)OCC1CCC(N=c2ccnc3n2NC(c2cccc(Cc4ccccc4)c2)C3)C1. The van der Waals surface area contributed by atoms with Crippen LogP contribution < -0.4 is 16.1 Å². The van der Waals surface area contributed by atoms with Gasteiger partial charge in [0.15, 0.2) is 0 Å². The van der Waals surface area contributed by atoms with E-state index in [0.717, 1.165) is 43.4 Å². The molecular formula is C25H29N5O3S. The fourth-order valence-corrected chi connectivity index (χ4v) is 5.25. The van der Waals surface area contributed by atoms with Gasteiger partial charge in [0, 0.05) is 18.7 Å². The minimum Gasteiger partial charge on any atom is -0.315 e. The van der Waals surface area contributed by atoms with Crippen molar-refractivity contribution in [3.05, 3.63) is 94.9 Å². The first-order valence-electron chi connectivity index (χ1n) is 11.6. The summed E-state index contributed by atoms with van der Waals surface area (Å²) in [5.41, 5.74) is 8.22. The molecule has 2 aromatic carbocycles. The van der Waals surface area contributed by atoms with Crippen molar-refractivity contribution in [2.75, 3.05) is 12.0 Å². The summed E-state index contributed by atoms with van der Waals surface area (Å²) in [6, 6.07) is 21.3. The molecule has 3 aromatic rings. The molecular weight excluding hydrogens is 450 g/mol.